The van der Waals surface area contributed by atoms with E-state index in [0.29, 0.717) is 25.3 Å². The van der Waals surface area contributed by atoms with E-state index in [9.17, 15) is 14.3 Å². The second-order valence-corrected chi connectivity index (χ2v) is 6.61. The number of nitrogens with one attached hydrogen (secondary N) is 2. The second-order valence-electron chi connectivity index (χ2n) is 6.21. The van der Waals surface area contributed by atoms with Crippen molar-refractivity contribution in [1.82, 2.24) is 5.32 Å². The lowest BCUT2D eigenvalue weighted by atomic mass is 9.58. The highest BCUT2D eigenvalue weighted by atomic mass is 35.5. The fraction of sp³-hybridized carbons (Fsp3) is 0.562. The smallest absolute Gasteiger partial charge is 0.238 e. The van der Waals surface area contributed by atoms with Crippen LogP contribution in [-0.4, -0.2) is 42.9 Å². The van der Waals surface area contributed by atoms with Gasteiger partial charge in [-0.25, -0.2) is 4.39 Å². The Hall–Kier alpha value is -1.21. The Kier molecular flexibility index (Phi) is 4.87. The molecule has 1 saturated heterocycles. The van der Waals surface area contributed by atoms with Crippen LogP contribution < -0.4 is 10.6 Å². The molecular weight excluding hydrogens is 323 g/mol. The Bertz CT molecular complexity index is 593. The molecule has 2 fully saturated rings. The van der Waals surface area contributed by atoms with E-state index < -0.39 is 5.82 Å². The van der Waals surface area contributed by atoms with E-state index in [2.05, 4.69) is 10.6 Å². The first kappa shape index (κ1) is 16.6. The summed E-state index contributed by atoms with van der Waals surface area (Å²) >= 11 is 5.61. The number of hydrogen-bond acceptors (Lipinski definition) is 4. The van der Waals surface area contributed by atoms with E-state index in [1.54, 1.807) is 6.07 Å². The molecule has 1 aliphatic carbocycles. The van der Waals surface area contributed by atoms with Crippen LogP contribution in [0.5, 0.6) is 0 Å². The van der Waals surface area contributed by atoms with Gasteiger partial charge in [0.1, 0.15) is 5.82 Å². The molecule has 1 amide bonds. The first-order valence-electron chi connectivity index (χ1n) is 7.75. The minimum absolute atomic E-state index is 0.0195. The standard InChI is InChI=1S/C16H20ClFN2O3/c17-11-2-1-10(7-12(11)18)20-15(22)9-19-13-8-14(21)16(13)3-5-23-6-4-16/h1-2,7,13-14,19,21H,3-6,8-9H2,(H,20,22)/t13-,14-/m1/s1. The molecule has 1 spiro atoms. The third-order valence-electron chi connectivity index (χ3n) is 4.95. The molecule has 1 heterocycles. The number of hydrogen-bond donors (Lipinski definition) is 3. The van der Waals surface area contributed by atoms with Crippen LogP contribution in [0.25, 0.3) is 0 Å². The Balaban J connectivity index is 1.52. The quantitative estimate of drug-likeness (QED) is 0.782. The van der Waals surface area contributed by atoms with Crippen molar-refractivity contribution in [2.24, 2.45) is 5.41 Å². The predicted molar refractivity (Wildman–Crippen MR) is 84.9 cm³/mol. The molecule has 23 heavy (non-hydrogen) atoms. The van der Waals surface area contributed by atoms with Gasteiger partial charge in [0.25, 0.3) is 0 Å². The monoisotopic (exact) mass is 342 g/mol. The summed E-state index contributed by atoms with van der Waals surface area (Å²) in [5.41, 5.74) is 0.193. The van der Waals surface area contributed by atoms with Gasteiger partial charge < -0.3 is 20.5 Å². The number of carbonyl (C=O) groups is 1. The largest absolute Gasteiger partial charge is 0.392 e. The summed E-state index contributed by atoms with van der Waals surface area (Å²) in [7, 11) is 0. The summed E-state index contributed by atoms with van der Waals surface area (Å²) in [6.45, 7) is 1.40. The van der Waals surface area contributed by atoms with Gasteiger partial charge in [-0.15, -0.1) is 0 Å². The molecule has 5 nitrogen and oxygen atoms in total. The maximum absolute atomic E-state index is 13.4. The number of benzene rings is 1. The first-order chi connectivity index (χ1) is 11.0. The Morgan fingerprint density at radius 1 is 1.43 bits per heavy atom. The van der Waals surface area contributed by atoms with Crippen molar-refractivity contribution in [1.29, 1.82) is 0 Å². The molecule has 2 atom stereocenters. The van der Waals surface area contributed by atoms with E-state index in [1.165, 1.54) is 12.1 Å². The predicted octanol–water partition coefficient (Wildman–Crippen LogP) is 1.94. The molecule has 0 radical (unpaired) electrons. The molecule has 0 bridgehead atoms. The molecule has 2 aliphatic rings. The van der Waals surface area contributed by atoms with Crippen LogP contribution in [-0.2, 0) is 9.53 Å². The number of halogens is 2. The SMILES string of the molecule is O=C(CN[C@@H]1C[C@@H](O)C12CCOCC2)Nc1ccc(Cl)c(F)c1. The normalized spacial score (nSPS) is 25.9. The van der Waals surface area contributed by atoms with Gasteiger partial charge in [-0.2, -0.15) is 0 Å². The van der Waals surface area contributed by atoms with Crippen LogP contribution in [0.4, 0.5) is 10.1 Å². The van der Waals surface area contributed by atoms with Crippen LogP contribution in [0, 0.1) is 11.2 Å². The molecule has 1 aromatic rings. The summed E-state index contributed by atoms with van der Waals surface area (Å²) in [5, 5.41) is 16.0. The van der Waals surface area contributed by atoms with Crippen LogP contribution in [0.3, 0.4) is 0 Å². The maximum Gasteiger partial charge on any atom is 0.238 e. The van der Waals surface area contributed by atoms with Crippen LogP contribution in [0.2, 0.25) is 5.02 Å². The third-order valence-corrected chi connectivity index (χ3v) is 5.26. The molecule has 1 aliphatic heterocycles. The van der Waals surface area contributed by atoms with Crippen molar-refractivity contribution in [2.75, 3.05) is 25.1 Å². The first-order valence-corrected chi connectivity index (χ1v) is 8.13. The van der Waals surface area contributed by atoms with Crippen molar-refractivity contribution in [3.63, 3.8) is 0 Å². The topological polar surface area (TPSA) is 70.6 Å². The Labute approximate surface area is 139 Å². The van der Waals surface area contributed by atoms with E-state index in [-0.39, 0.29) is 35.0 Å². The minimum Gasteiger partial charge on any atom is -0.392 e. The van der Waals surface area contributed by atoms with Crippen molar-refractivity contribution < 1.29 is 19.0 Å². The van der Waals surface area contributed by atoms with Gasteiger partial charge in [0.2, 0.25) is 5.91 Å². The van der Waals surface area contributed by atoms with E-state index >= 15 is 0 Å². The van der Waals surface area contributed by atoms with Gasteiger partial charge in [0, 0.05) is 30.4 Å². The van der Waals surface area contributed by atoms with Gasteiger partial charge in [0.15, 0.2) is 0 Å². The zero-order valence-electron chi connectivity index (χ0n) is 12.6. The third kappa shape index (κ3) is 3.35. The highest BCUT2D eigenvalue weighted by molar-refractivity contribution is 6.30. The molecule has 126 valence electrons. The van der Waals surface area contributed by atoms with Crippen molar-refractivity contribution in [3.05, 3.63) is 29.0 Å². The van der Waals surface area contributed by atoms with E-state index in [1.807, 2.05) is 0 Å². The molecule has 7 heteroatoms. The van der Waals surface area contributed by atoms with Crippen LogP contribution in [0.15, 0.2) is 18.2 Å². The summed E-state index contributed by atoms with van der Waals surface area (Å²) in [6, 6.07) is 4.25. The van der Waals surface area contributed by atoms with E-state index in [0.717, 1.165) is 12.8 Å². The van der Waals surface area contributed by atoms with Crippen molar-refractivity contribution in [2.45, 2.75) is 31.4 Å². The maximum atomic E-state index is 13.4. The van der Waals surface area contributed by atoms with Gasteiger partial charge in [0.05, 0.1) is 17.7 Å². The summed E-state index contributed by atoms with van der Waals surface area (Å²) in [5.74, 6) is -0.823. The summed E-state index contributed by atoms with van der Waals surface area (Å²) < 4.78 is 18.7. The molecule has 1 saturated carbocycles. The van der Waals surface area contributed by atoms with Gasteiger partial charge >= 0.3 is 0 Å². The lowest BCUT2D eigenvalue weighted by Gasteiger charge is -2.55. The highest BCUT2D eigenvalue weighted by Gasteiger charge is 2.54. The lowest BCUT2D eigenvalue weighted by Crippen LogP contribution is -2.65. The van der Waals surface area contributed by atoms with Crippen molar-refractivity contribution in [3.8, 4) is 0 Å². The average molecular weight is 343 g/mol. The number of anilines is 1. The average Bonchev–Trinajstić information content (AvgIpc) is 2.55. The van der Waals surface area contributed by atoms with E-state index in [4.69, 9.17) is 16.3 Å². The minimum atomic E-state index is -0.569. The fourth-order valence-corrected chi connectivity index (χ4v) is 3.60. The Morgan fingerprint density at radius 2 is 2.17 bits per heavy atom. The molecule has 1 aromatic carbocycles. The highest BCUT2D eigenvalue weighted by Crippen LogP contribution is 2.48. The van der Waals surface area contributed by atoms with Gasteiger partial charge in [-0.3, -0.25) is 4.79 Å². The number of ether oxygens (including phenoxy) is 1. The van der Waals surface area contributed by atoms with Crippen LogP contribution in [0.1, 0.15) is 19.3 Å². The summed E-state index contributed by atoms with van der Waals surface area (Å²) in [6.07, 6.45) is 1.91. The number of aliphatic hydroxyl groups excluding tert-OH is 1. The van der Waals surface area contributed by atoms with Crippen LogP contribution >= 0.6 is 11.6 Å². The molecule has 0 aromatic heterocycles. The number of rotatable bonds is 4. The van der Waals surface area contributed by atoms with Gasteiger partial charge in [-0.05, 0) is 37.5 Å². The zero-order valence-corrected chi connectivity index (χ0v) is 13.4. The number of carbonyl (C=O) groups excluding carboxylic acids is 1. The molecule has 0 unspecified atom stereocenters. The Morgan fingerprint density at radius 3 is 2.83 bits per heavy atom. The molecule has 3 rings (SSSR count). The molecular formula is C16H20ClFN2O3. The zero-order chi connectivity index (χ0) is 16.4. The second kappa shape index (κ2) is 6.73. The van der Waals surface area contributed by atoms with Crippen molar-refractivity contribution >= 4 is 23.2 Å². The summed E-state index contributed by atoms with van der Waals surface area (Å²) in [4.78, 5) is 12.0. The van der Waals surface area contributed by atoms with Gasteiger partial charge in [-0.1, -0.05) is 11.6 Å². The number of aliphatic hydroxyl groups is 1. The molecule has 3 N–H and O–H groups in total. The fourth-order valence-electron chi connectivity index (χ4n) is 3.48. The lowest BCUT2D eigenvalue weighted by molar-refractivity contribution is -0.149. The number of amides is 1.